The van der Waals surface area contributed by atoms with Gasteiger partial charge in [-0.05, 0) is 38.5 Å². The van der Waals surface area contributed by atoms with Crippen molar-refractivity contribution in [3.05, 3.63) is 17.5 Å². The highest BCUT2D eigenvalue weighted by molar-refractivity contribution is 5.73. The van der Waals surface area contributed by atoms with Crippen LogP contribution in [0.1, 0.15) is 56.8 Å². The molecule has 3 aliphatic rings. The topological polar surface area (TPSA) is 70.9 Å². The van der Waals surface area contributed by atoms with Crippen molar-refractivity contribution in [1.29, 1.82) is 0 Å². The standard InChI is InChI=1S/C24H33F6N5O3/c1-14(2)35-13-19(20(31-35)16-4-6-33(7-5-16)15(3)36)10-32-8-17-11-34(12-18(17)9-32)22(37)38-21(23(25,26)27)24(28,29)30/h13-14,16-18,21H,4-12H2,1-3H3. The van der Waals surface area contributed by atoms with Crippen LogP contribution in [0, 0.1) is 11.8 Å². The van der Waals surface area contributed by atoms with Gasteiger partial charge in [-0.3, -0.25) is 14.4 Å². The molecule has 214 valence electrons. The third-order valence-electron chi connectivity index (χ3n) is 7.72. The van der Waals surface area contributed by atoms with E-state index in [0.717, 1.165) is 29.0 Å². The highest BCUT2D eigenvalue weighted by Gasteiger charge is 2.60. The highest BCUT2D eigenvalue weighted by Crippen LogP contribution is 2.38. The Morgan fingerprint density at radius 2 is 1.53 bits per heavy atom. The molecule has 4 rings (SSSR count). The molecule has 0 aromatic carbocycles. The number of nitrogens with zero attached hydrogens (tertiary/aromatic N) is 5. The van der Waals surface area contributed by atoms with Crippen LogP contribution < -0.4 is 0 Å². The van der Waals surface area contributed by atoms with Crippen LogP contribution in [0.3, 0.4) is 0 Å². The third-order valence-corrected chi connectivity index (χ3v) is 7.72. The number of hydrogen-bond acceptors (Lipinski definition) is 5. The average Bonchev–Trinajstić information content (AvgIpc) is 3.49. The molecule has 0 spiro atoms. The molecule has 8 nitrogen and oxygen atoms in total. The minimum Gasteiger partial charge on any atom is -0.426 e. The molecule has 0 bridgehead atoms. The number of hydrogen-bond donors (Lipinski definition) is 0. The first-order valence-electron chi connectivity index (χ1n) is 12.8. The Kier molecular flexibility index (Phi) is 7.93. The van der Waals surface area contributed by atoms with Gasteiger partial charge in [0.15, 0.2) is 0 Å². The Balaban J connectivity index is 1.37. The maximum atomic E-state index is 12.8. The predicted molar refractivity (Wildman–Crippen MR) is 123 cm³/mol. The van der Waals surface area contributed by atoms with E-state index < -0.39 is 24.5 Å². The lowest BCUT2D eigenvalue weighted by molar-refractivity contribution is -0.308. The van der Waals surface area contributed by atoms with E-state index in [0.29, 0.717) is 32.7 Å². The van der Waals surface area contributed by atoms with E-state index in [-0.39, 0.29) is 42.8 Å². The summed E-state index contributed by atoms with van der Waals surface area (Å²) in [5, 5.41) is 4.85. The number of ether oxygens (including phenoxy) is 1. The van der Waals surface area contributed by atoms with Crippen LogP contribution >= 0.6 is 0 Å². The van der Waals surface area contributed by atoms with Gasteiger partial charge in [-0.15, -0.1) is 0 Å². The van der Waals surface area contributed by atoms with Gasteiger partial charge in [0.2, 0.25) is 5.91 Å². The summed E-state index contributed by atoms with van der Waals surface area (Å²) >= 11 is 0. The molecule has 3 saturated heterocycles. The fraction of sp³-hybridized carbons (Fsp3) is 0.792. The van der Waals surface area contributed by atoms with Gasteiger partial charge in [-0.2, -0.15) is 31.4 Å². The van der Waals surface area contributed by atoms with Crippen molar-refractivity contribution in [2.24, 2.45) is 11.8 Å². The van der Waals surface area contributed by atoms with Gasteiger partial charge in [-0.1, -0.05) is 0 Å². The number of aromatic nitrogens is 2. The smallest absolute Gasteiger partial charge is 0.426 e. The van der Waals surface area contributed by atoms with Crippen molar-refractivity contribution in [3.8, 4) is 0 Å². The molecule has 1 aromatic heterocycles. The summed E-state index contributed by atoms with van der Waals surface area (Å²) in [6, 6.07) is 0.162. The lowest BCUT2D eigenvalue weighted by atomic mass is 9.91. The Hall–Kier alpha value is -2.51. The second-order valence-corrected chi connectivity index (χ2v) is 10.9. The predicted octanol–water partition coefficient (Wildman–Crippen LogP) is 4.18. The fourth-order valence-corrected chi connectivity index (χ4v) is 5.75. The monoisotopic (exact) mass is 553 g/mol. The second kappa shape index (κ2) is 10.6. The molecule has 1 aromatic rings. The molecule has 4 heterocycles. The van der Waals surface area contributed by atoms with Crippen LogP contribution in [0.2, 0.25) is 0 Å². The van der Waals surface area contributed by atoms with Crippen LogP contribution in [-0.2, 0) is 16.1 Å². The van der Waals surface area contributed by atoms with Crippen molar-refractivity contribution in [2.45, 2.75) is 70.6 Å². The number of rotatable bonds is 5. The maximum Gasteiger partial charge on any atom is 0.434 e. The average molecular weight is 554 g/mol. The Labute approximate surface area is 216 Å². The summed E-state index contributed by atoms with van der Waals surface area (Å²) < 4.78 is 82.5. The van der Waals surface area contributed by atoms with Gasteiger partial charge < -0.3 is 14.5 Å². The zero-order valence-electron chi connectivity index (χ0n) is 21.6. The van der Waals surface area contributed by atoms with Crippen molar-refractivity contribution >= 4 is 12.0 Å². The van der Waals surface area contributed by atoms with E-state index in [1.165, 1.54) is 0 Å². The van der Waals surface area contributed by atoms with Gasteiger partial charge in [-0.25, -0.2) is 4.79 Å². The lowest BCUT2D eigenvalue weighted by Crippen LogP contribution is -2.48. The Morgan fingerprint density at radius 3 is 2.00 bits per heavy atom. The molecule has 2 amide bonds. The van der Waals surface area contributed by atoms with Crippen LogP contribution in [-0.4, -0.2) is 94.2 Å². The fourth-order valence-electron chi connectivity index (χ4n) is 5.75. The summed E-state index contributed by atoms with van der Waals surface area (Å²) in [4.78, 5) is 28.8. The summed E-state index contributed by atoms with van der Waals surface area (Å²) in [6.45, 7) is 8.82. The van der Waals surface area contributed by atoms with Gasteiger partial charge in [0, 0.05) is 76.5 Å². The van der Waals surface area contributed by atoms with E-state index in [2.05, 4.69) is 9.64 Å². The molecule has 3 aliphatic heterocycles. The van der Waals surface area contributed by atoms with Gasteiger partial charge in [0.05, 0.1) is 5.69 Å². The Bertz CT molecular complexity index is 990. The van der Waals surface area contributed by atoms with E-state index >= 15 is 0 Å². The van der Waals surface area contributed by atoms with Crippen molar-refractivity contribution in [1.82, 2.24) is 24.5 Å². The first kappa shape index (κ1) is 28.5. The molecular formula is C24H33F6N5O3. The third kappa shape index (κ3) is 6.20. The van der Waals surface area contributed by atoms with Crippen LogP contribution in [0.25, 0.3) is 0 Å². The van der Waals surface area contributed by atoms with E-state index in [9.17, 15) is 35.9 Å². The number of carbonyl (C=O) groups excluding carboxylic acids is 2. The van der Waals surface area contributed by atoms with Crippen LogP contribution in [0.5, 0.6) is 0 Å². The van der Waals surface area contributed by atoms with Crippen molar-refractivity contribution in [2.75, 3.05) is 39.3 Å². The van der Waals surface area contributed by atoms with Crippen molar-refractivity contribution in [3.63, 3.8) is 0 Å². The minimum absolute atomic E-state index is 0.0457. The summed E-state index contributed by atoms with van der Waals surface area (Å²) in [7, 11) is 0. The molecule has 2 atom stereocenters. The summed E-state index contributed by atoms with van der Waals surface area (Å²) in [5.74, 6) is 0.147. The normalized spacial score (nSPS) is 23.6. The van der Waals surface area contributed by atoms with Crippen molar-refractivity contribution < 1.29 is 40.7 Å². The molecule has 3 fully saturated rings. The van der Waals surface area contributed by atoms with Crippen LogP contribution in [0.15, 0.2) is 6.20 Å². The number of piperidine rings is 1. The zero-order valence-corrected chi connectivity index (χ0v) is 21.6. The first-order chi connectivity index (χ1) is 17.6. The van der Waals surface area contributed by atoms with Gasteiger partial charge >= 0.3 is 18.4 Å². The molecule has 0 saturated carbocycles. The number of amides is 2. The first-order valence-corrected chi connectivity index (χ1v) is 12.8. The van der Waals surface area contributed by atoms with Crippen LogP contribution in [0.4, 0.5) is 31.1 Å². The quantitative estimate of drug-likeness (QED) is 0.512. The Morgan fingerprint density at radius 1 is 0.974 bits per heavy atom. The molecule has 38 heavy (non-hydrogen) atoms. The number of fused-ring (bicyclic) bond motifs is 1. The van der Waals surface area contributed by atoms with Gasteiger partial charge in [0.1, 0.15) is 0 Å². The van der Waals surface area contributed by atoms with E-state index in [4.69, 9.17) is 5.10 Å². The maximum absolute atomic E-state index is 12.8. The molecule has 0 radical (unpaired) electrons. The number of likely N-dealkylation sites (tertiary alicyclic amines) is 3. The number of carbonyl (C=O) groups is 2. The van der Waals surface area contributed by atoms with Gasteiger partial charge in [0.25, 0.3) is 6.10 Å². The van der Waals surface area contributed by atoms with E-state index in [1.54, 1.807) is 6.92 Å². The highest BCUT2D eigenvalue weighted by atomic mass is 19.4. The zero-order chi connectivity index (χ0) is 28.0. The molecular weight excluding hydrogens is 520 g/mol. The SMILES string of the molecule is CC(=O)N1CCC(c2nn(C(C)C)cc2CN2CC3CN(C(=O)OC(C(F)(F)F)C(F)(F)F)CC3C2)CC1. The molecule has 14 heteroatoms. The second-order valence-electron chi connectivity index (χ2n) is 10.9. The molecule has 0 N–H and O–H groups in total. The molecule has 2 unspecified atom stereocenters. The number of halogens is 6. The van der Waals surface area contributed by atoms with E-state index in [1.807, 2.05) is 29.6 Å². The largest absolute Gasteiger partial charge is 0.434 e. The lowest BCUT2D eigenvalue weighted by Gasteiger charge is -2.31. The summed E-state index contributed by atoms with van der Waals surface area (Å²) in [6.07, 6.45) is -13.5. The number of alkyl halides is 6. The summed E-state index contributed by atoms with van der Waals surface area (Å²) in [5.41, 5.74) is 2.09. The minimum atomic E-state index is -5.73. The molecule has 0 aliphatic carbocycles.